The van der Waals surface area contributed by atoms with E-state index in [-0.39, 0.29) is 24.8 Å². The quantitative estimate of drug-likeness (QED) is 0.403. The van der Waals surface area contributed by atoms with Gasteiger partial charge in [-0.15, -0.1) is 0 Å². The summed E-state index contributed by atoms with van der Waals surface area (Å²) in [4.78, 5) is 19.2. The van der Waals surface area contributed by atoms with Crippen molar-refractivity contribution in [2.45, 2.75) is 13.0 Å². The summed E-state index contributed by atoms with van der Waals surface area (Å²) in [5.41, 5.74) is 0. The molecule has 2 N–H and O–H groups in total. The highest BCUT2D eigenvalue weighted by Gasteiger charge is 2.28. The first kappa shape index (κ1) is 11.8. The molecular formula is C7H11F2N3O3. The highest BCUT2D eigenvalue weighted by atomic mass is 19.3. The summed E-state index contributed by atoms with van der Waals surface area (Å²) in [5.74, 6) is -0.900. The maximum Gasteiger partial charge on any atom is 0.363 e. The molecule has 0 radical (unpaired) electrons. The van der Waals surface area contributed by atoms with Gasteiger partial charge in [-0.3, -0.25) is 10.2 Å². The van der Waals surface area contributed by atoms with Crippen molar-refractivity contribution in [1.82, 2.24) is 10.5 Å². The van der Waals surface area contributed by atoms with Crippen molar-refractivity contribution in [2.24, 2.45) is 5.92 Å². The van der Waals surface area contributed by atoms with Gasteiger partial charge in [-0.25, -0.2) is 0 Å². The predicted octanol–water partition coefficient (Wildman–Crippen LogP) is 0.117. The van der Waals surface area contributed by atoms with Crippen LogP contribution in [0.5, 0.6) is 0 Å². The Morgan fingerprint density at radius 1 is 1.73 bits per heavy atom. The van der Waals surface area contributed by atoms with Crippen LogP contribution in [0.2, 0.25) is 0 Å². The number of alkyl halides is 2. The molecule has 0 bridgehead atoms. The van der Waals surface area contributed by atoms with Gasteiger partial charge in [0.15, 0.2) is 0 Å². The van der Waals surface area contributed by atoms with Crippen LogP contribution >= 0.6 is 0 Å². The number of nitrogens with one attached hydrogen (secondary N) is 2. The molecule has 1 atom stereocenters. The Hall–Kier alpha value is -1.28. The average molecular weight is 223 g/mol. The third kappa shape index (κ3) is 3.76. The first-order valence-corrected chi connectivity index (χ1v) is 4.21. The van der Waals surface area contributed by atoms with E-state index in [1.807, 2.05) is 0 Å². The summed E-state index contributed by atoms with van der Waals surface area (Å²) in [6.07, 6.45) is 0.126. The first-order valence-electron chi connectivity index (χ1n) is 4.21. The topological polar surface area (TPSA) is 74.7 Å². The summed E-state index contributed by atoms with van der Waals surface area (Å²) in [7, 11) is 1.10. The van der Waals surface area contributed by atoms with Gasteiger partial charge in [-0.2, -0.15) is 13.6 Å². The molecule has 0 aromatic rings. The number of carbonyl (C=O) groups excluding carboxylic acids is 1. The van der Waals surface area contributed by atoms with Gasteiger partial charge in [0.1, 0.15) is 0 Å². The molecule has 6 nitrogen and oxygen atoms in total. The van der Waals surface area contributed by atoms with Crippen molar-refractivity contribution < 1.29 is 23.3 Å². The summed E-state index contributed by atoms with van der Waals surface area (Å²) in [6, 6.07) is 0. The lowest BCUT2D eigenvalue weighted by Crippen LogP contribution is -2.30. The molecule has 0 saturated carbocycles. The third-order valence-corrected chi connectivity index (χ3v) is 1.80. The summed E-state index contributed by atoms with van der Waals surface area (Å²) in [6.45, 7) is -2.73. The van der Waals surface area contributed by atoms with E-state index in [2.05, 4.69) is 15.0 Å². The van der Waals surface area contributed by atoms with Gasteiger partial charge in [-0.05, 0) is 5.23 Å². The van der Waals surface area contributed by atoms with E-state index >= 15 is 0 Å². The molecule has 0 aromatic heterocycles. The van der Waals surface area contributed by atoms with Crippen LogP contribution in [0, 0.1) is 11.3 Å². The molecule has 0 spiro atoms. The molecule has 1 heterocycles. The van der Waals surface area contributed by atoms with E-state index < -0.39 is 12.5 Å². The molecule has 1 amide bonds. The van der Waals surface area contributed by atoms with E-state index in [1.54, 1.807) is 0 Å². The zero-order valence-corrected chi connectivity index (χ0v) is 8.00. The second-order valence-corrected chi connectivity index (χ2v) is 2.97. The van der Waals surface area contributed by atoms with Gasteiger partial charge in [0, 0.05) is 13.0 Å². The molecule has 1 aliphatic heterocycles. The van der Waals surface area contributed by atoms with E-state index in [9.17, 15) is 13.6 Å². The predicted molar refractivity (Wildman–Crippen MR) is 44.8 cm³/mol. The minimum absolute atomic E-state index is 0.126. The summed E-state index contributed by atoms with van der Waals surface area (Å²) < 4.78 is 23.4. The van der Waals surface area contributed by atoms with E-state index in [0.29, 0.717) is 5.23 Å². The zero-order chi connectivity index (χ0) is 11.4. The molecule has 1 rings (SSSR count). The molecule has 0 aromatic carbocycles. The number of hydrogen-bond donors (Lipinski definition) is 2. The maximum absolute atomic E-state index is 11.7. The van der Waals surface area contributed by atoms with Crippen molar-refractivity contribution in [3.8, 4) is 0 Å². The van der Waals surface area contributed by atoms with E-state index in [4.69, 9.17) is 5.41 Å². The summed E-state index contributed by atoms with van der Waals surface area (Å²) >= 11 is 0. The fourth-order valence-electron chi connectivity index (χ4n) is 1.14. The van der Waals surface area contributed by atoms with Crippen molar-refractivity contribution in [2.75, 3.05) is 13.6 Å². The van der Waals surface area contributed by atoms with Gasteiger partial charge in [0.2, 0.25) is 11.8 Å². The second kappa shape index (κ2) is 4.99. The second-order valence-electron chi connectivity index (χ2n) is 2.97. The Morgan fingerprint density at radius 3 is 2.87 bits per heavy atom. The molecule has 1 aliphatic rings. The van der Waals surface area contributed by atoms with Crippen LogP contribution in [0.1, 0.15) is 6.42 Å². The molecule has 15 heavy (non-hydrogen) atoms. The first-order chi connectivity index (χ1) is 6.99. The lowest BCUT2D eigenvalue weighted by Gasteiger charge is -2.18. The Kier molecular flexibility index (Phi) is 3.92. The van der Waals surface area contributed by atoms with Crippen LogP contribution in [-0.4, -0.2) is 37.2 Å². The Bertz CT molecular complexity index is 262. The molecule has 1 fully saturated rings. The number of halogens is 2. The number of rotatable bonds is 4. The number of amides is 1. The molecular weight excluding hydrogens is 212 g/mol. The molecule has 86 valence electrons. The van der Waals surface area contributed by atoms with Gasteiger partial charge in [0.25, 0.3) is 0 Å². The Morgan fingerprint density at radius 2 is 2.40 bits per heavy atom. The SMILES string of the molecule is CN(OC(=N)C1CNC(=O)C1)OC(F)F. The highest BCUT2D eigenvalue weighted by molar-refractivity contribution is 5.87. The Labute approximate surface area is 84.5 Å². The minimum atomic E-state index is -3.01. The smallest absolute Gasteiger partial charge is 0.363 e. The zero-order valence-electron chi connectivity index (χ0n) is 8.00. The number of nitrogens with zero attached hydrogens (tertiary/aromatic N) is 1. The van der Waals surface area contributed by atoms with Crippen molar-refractivity contribution >= 4 is 11.8 Å². The van der Waals surface area contributed by atoms with Gasteiger partial charge < -0.3 is 10.2 Å². The number of carbonyl (C=O) groups is 1. The van der Waals surface area contributed by atoms with Crippen molar-refractivity contribution in [3.05, 3.63) is 0 Å². The molecule has 1 unspecified atom stereocenters. The fraction of sp³-hybridized carbons (Fsp3) is 0.714. The fourth-order valence-corrected chi connectivity index (χ4v) is 1.14. The monoisotopic (exact) mass is 223 g/mol. The average Bonchev–Trinajstić information content (AvgIpc) is 2.49. The standard InChI is InChI=1S/C7H11F2N3O3/c1-12(15-7(8)9)14-6(10)4-2-5(13)11-3-4/h4,7,10H,2-3H2,1H3,(H,11,13). The molecule has 0 aliphatic carbocycles. The number of hydrogen-bond acceptors (Lipinski definition) is 5. The summed E-state index contributed by atoms with van der Waals surface area (Å²) in [5, 5.41) is 10.3. The lowest BCUT2D eigenvalue weighted by molar-refractivity contribution is -0.382. The molecule has 1 saturated heterocycles. The van der Waals surface area contributed by atoms with Crippen LogP contribution in [-0.2, 0) is 14.5 Å². The number of hydroxylamine groups is 2. The van der Waals surface area contributed by atoms with Crippen LogP contribution < -0.4 is 5.32 Å². The highest BCUT2D eigenvalue weighted by Crippen LogP contribution is 2.12. The van der Waals surface area contributed by atoms with Crippen molar-refractivity contribution in [1.29, 1.82) is 5.41 Å². The minimum Gasteiger partial charge on any atom is -0.365 e. The van der Waals surface area contributed by atoms with Gasteiger partial charge in [-0.1, -0.05) is 0 Å². The van der Waals surface area contributed by atoms with Crippen LogP contribution in [0.25, 0.3) is 0 Å². The lowest BCUT2D eigenvalue weighted by atomic mass is 10.1. The van der Waals surface area contributed by atoms with Gasteiger partial charge >= 0.3 is 6.61 Å². The van der Waals surface area contributed by atoms with Crippen LogP contribution in [0.4, 0.5) is 8.78 Å². The van der Waals surface area contributed by atoms with Gasteiger partial charge in [0.05, 0.1) is 13.0 Å². The normalized spacial score (nSPS) is 20.9. The third-order valence-electron chi connectivity index (χ3n) is 1.80. The van der Waals surface area contributed by atoms with E-state index in [1.165, 1.54) is 0 Å². The van der Waals surface area contributed by atoms with Crippen LogP contribution in [0.15, 0.2) is 0 Å². The van der Waals surface area contributed by atoms with E-state index in [0.717, 1.165) is 7.05 Å². The van der Waals surface area contributed by atoms with Crippen molar-refractivity contribution in [3.63, 3.8) is 0 Å². The molecule has 8 heteroatoms. The maximum atomic E-state index is 11.7. The van der Waals surface area contributed by atoms with Crippen LogP contribution in [0.3, 0.4) is 0 Å². The Balaban J connectivity index is 2.32. The largest absolute Gasteiger partial charge is 0.365 e.